The van der Waals surface area contributed by atoms with Crippen LogP contribution in [0.2, 0.25) is 0 Å². The Hall–Kier alpha value is -2.88. The number of anilines is 1. The first-order valence-corrected chi connectivity index (χ1v) is 12.7. The molecule has 0 aliphatic carbocycles. The summed E-state index contributed by atoms with van der Waals surface area (Å²) in [6, 6.07) is 3.84. The molecule has 4 rings (SSSR count). The number of primary amides is 1. The normalized spacial score (nSPS) is 23.5. The van der Waals surface area contributed by atoms with E-state index in [1.165, 1.54) is 0 Å². The van der Waals surface area contributed by atoms with Crippen molar-refractivity contribution in [2.24, 2.45) is 5.73 Å². The molecule has 0 saturated carbocycles. The third kappa shape index (κ3) is 6.08. The van der Waals surface area contributed by atoms with E-state index < -0.39 is 12.5 Å². The highest BCUT2D eigenvalue weighted by atomic mass is 16.7. The SMILES string of the molecule is C=CCCC(=O)N1c2cc(OCCCC(N)=O)c(OC)cc2CN2CCCC2C1OC1C=CCCO1. The second kappa shape index (κ2) is 12.4. The Balaban J connectivity index is 1.73. The molecule has 0 bridgehead atoms. The van der Waals surface area contributed by atoms with Crippen molar-refractivity contribution in [2.75, 3.05) is 31.8 Å². The molecule has 3 aliphatic rings. The van der Waals surface area contributed by atoms with Crippen molar-refractivity contribution in [3.8, 4) is 11.5 Å². The molecule has 0 radical (unpaired) electrons. The molecule has 1 saturated heterocycles. The van der Waals surface area contributed by atoms with Gasteiger partial charge < -0.3 is 24.7 Å². The monoisotopic (exact) mass is 499 g/mol. The molecule has 3 atom stereocenters. The number of carbonyl (C=O) groups excluding carboxylic acids is 2. The van der Waals surface area contributed by atoms with Crippen LogP contribution in [0, 0.1) is 0 Å². The number of hydrogen-bond donors (Lipinski definition) is 1. The minimum Gasteiger partial charge on any atom is -0.493 e. The lowest BCUT2D eigenvalue weighted by Gasteiger charge is -2.38. The molecule has 0 aromatic heterocycles. The van der Waals surface area contributed by atoms with Gasteiger partial charge in [-0.05, 0) is 56.4 Å². The van der Waals surface area contributed by atoms with E-state index in [0.29, 0.717) is 50.5 Å². The summed E-state index contributed by atoms with van der Waals surface area (Å²) >= 11 is 0. The van der Waals surface area contributed by atoms with Crippen LogP contribution in [0.4, 0.5) is 5.69 Å². The van der Waals surface area contributed by atoms with Crippen LogP contribution in [-0.4, -0.2) is 62.1 Å². The predicted octanol–water partition coefficient (Wildman–Crippen LogP) is 3.26. The molecule has 3 aliphatic heterocycles. The Morgan fingerprint density at radius 1 is 1.28 bits per heavy atom. The molecule has 196 valence electrons. The Morgan fingerprint density at radius 3 is 2.86 bits per heavy atom. The molecule has 2 amide bonds. The fourth-order valence-corrected chi connectivity index (χ4v) is 5.05. The topological polar surface area (TPSA) is 104 Å². The number of fused-ring (bicyclic) bond motifs is 2. The number of nitrogens with zero attached hydrogens (tertiary/aromatic N) is 2. The van der Waals surface area contributed by atoms with Gasteiger partial charge in [-0.3, -0.25) is 19.4 Å². The van der Waals surface area contributed by atoms with Crippen molar-refractivity contribution in [1.29, 1.82) is 0 Å². The fraction of sp³-hybridized carbons (Fsp3) is 0.556. The van der Waals surface area contributed by atoms with E-state index in [4.69, 9.17) is 24.7 Å². The number of rotatable bonds is 11. The van der Waals surface area contributed by atoms with Crippen molar-refractivity contribution < 1.29 is 28.5 Å². The summed E-state index contributed by atoms with van der Waals surface area (Å²) in [6.07, 6.45) is 9.12. The highest BCUT2D eigenvalue weighted by molar-refractivity contribution is 5.95. The largest absolute Gasteiger partial charge is 0.493 e. The number of ether oxygens (including phenoxy) is 4. The van der Waals surface area contributed by atoms with E-state index in [1.807, 2.05) is 18.2 Å². The van der Waals surface area contributed by atoms with Crippen molar-refractivity contribution in [2.45, 2.75) is 70.1 Å². The van der Waals surface area contributed by atoms with E-state index in [1.54, 1.807) is 18.1 Å². The highest BCUT2D eigenvalue weighted by Crippen LogP contribution is 2.42. The van der Waals surface area contributed by atoms with Gasteiger partial charge in [-0.25, -0.2) is 0 Å². The Bertz CT molecular complexity index is 981. The third-order valence-electron chi connectivity index (χ3n) is 6.79. The number of amides is 2. The van der Waals surface area contributed by atoms with Gasteiger partial charge in [0.15, 0.2) is 24.0 Å². The smallest absolute Gasteiger partial charge is 0.229 e. The molecule has 1 aromatic carbocycles. The molecular formula is C27H37N3O6. The maximum absolute atomic E-state index is 13.7. The quantitative estimate of drug-likeness (QED) is 0.368. The zero-order valence-corrected chi connectivity index (χ0v) is 21.0. The summed E-state index contributed by atoms with van der Waals surface area (Å²) in [6.45, 7) is 6.27. The molecule has 1 fully saturated rings. The number of carbonyl (C=O) groups is 2. The molecule has 0 spiro atoms. The summed E-state index contributed by atoms with van der Waals surface area (Å²) in [5.41, 5.74) is 6.98. The molecule has 3 unspecified atom stereocenters. The summed E-state index contributed by atoms with van der Waals surface area (Å²) in [5.74, 6) is 0.683. The van der Waals surface area contributed by atoms with E-state index in [-0.39, 0.29) is 24.3 Å². The molecular weight excluding hydrogens is 462 g/mol. The van der Waals surface area contributed by atoms with E-state index >= 15 is 0 Å². The first-order chi connectivity index (χ1) is 17.5. The van der Waals surface area contributed by atoms with Crippen LogP contribution in [0.25, 0.3) is 0 Å². The van der Waals surface area contributed by atoms with Crippen molar-refractivity contribution in [3.05, 3.63) is 42.5 Å². The van der Waals surface area contributed by atoms with Crippen LogP contribution in [0.5, 0.6) is 11.5 Å². The summed E-state index contributed by atoms with van der Waals surface area (Å²) in [5, 5.41) is 0. The van der Waals surface area contributed by atoms with Crippen LogP contribution in [-0.2, 0) is 25.6 Å². The lowest BCUT2D eigenvalue weighted by Crippen LogP contribution is -2.53. The van der Waals surface area contributed by atoms with Gasteiger partial charge in [-0.2, -0.15) is 0 Å². The van der Waals surface area contributed by atoms with Crippen LogP contribution >= 0.6 is 0 Å². The van der Waals surface area contributed by atoms with Crippen molar-refractivity contribution in [3.63, 3.8) is 0 Å². The number of methoxy groups -OCH3 is 1. The van der Waals surface area contributed by atoms with E-state index in [2.05, 4.69) is 17.6 Å². The number of allylic oxidation sites excluding steroid dienone is 1. The van der Waals surface area contributed by atoms with Crippen LogP contribution in [0.1, 0.15) is 50.5 Å². The van der Waals surface area contributed by atoms with Gasteiger partial charge in [0.25, 0.3) is 0 Å². The maximum atomic E-state index is 13.7. The minimum atomic E-state index is -0.519. The van der Waals surface area contributed by atoms with Gasteiger partial charge in [-0.1, -0.05) is 12.2 Å². The first kappa shape index (κ1) is 26.2. The van der Waals surface area contributed by atoms with Crippen molar-refractivity contribution in [1.82, 2.24) is 4.90 Å². The molecule has 2 N–H and O–H groups in total. The zero-order valence-electron chi connectivity index (χ0n) is 21.0. The lowest BCUT2D eigenvalue weighted by atomic mass is 10.1. The van der Waals surface area contributed by atoms with Crippen LogP contribution in [0.3, 0.4) is 0 Å². The van der Waals surface area contributed by atoms with E-state index in [0.717, 1.165) is 37.1 Å². The Morgan fingerprint density at radius 2 is 2.14 bits per heavy atom. The second-order valence-electron chi connectivity index (χ2n) is 9.30. The summed E-state index contributed by atoms with van der Waals surface area (Å²) < 4.78 is 24.0. The lowest BCUT2D eigenvalue weighted by molar-refractivity contribution is -0.163. The zero-order chi connectivity index (χ0) is 25.5. The second-order valence-corrected chi connectivity index (χ2v) is 9.30. The first-order valence-electron chi connectivity index (χ1n) is 12.7. The number of hydrogen-bond acceptors (Lipinski definition) is 7. The van der Waals surface area contributed by atoms with Crippen LogP contribution in [0.15, 0.2) is 36.9 Å². The van der Waals surface area contributed by atoms with Gasteiger partial charge >= 0.3 is 0 Å². The standard InChI is InChI=1S/C27H37N3O6/c1-3-4-11-25(32)30-21-17-23(34-15-8-10-24(28)31)22(33-2)16-19(21)18-29-13-7-9-20(29)27(30)36-26-12-5-6-14-35-26/h3,5,12,16-17,20,26-27H,1,4,6-11,13-15,18H2,2H3,(H2,28,31). The van der Waals surface area contributed by atoms with Gasteiger partial charge in [0.1, 0.15) is 0 Å². The van der Waals surface area contributed by atoms with Gasteiger partial charge in [-0.15, -0.1) is 6.58 Å². The van der Waals surface area contributed by atoms with Gasteiger partial charge in [0, 0.05) is 25.5 Å². The maximum Gasteiger partial charge on any atom is 0.229 e. The molecule has 1 aromatic rings. The van der Waals surface area contributed by atoms with Crippen LogP contribution < -0.4 is 20.1 Å². The Kier molecular flexibility index (Phi) is 9.01. The molecule has 3 heterocycles. The Labute approximate surface area is 212 Å². The predicted molar refractivity (Wildman–Crippen MR) is 136 cm³/mol. The average Bonchev–Trinajstić information content (AvgIpc) is 3.29. The number of nitrogens with two attached hydrogens (primary N) is 1. The molecule has 36 heavy (non-hydrogen) atoms. The summed E-state index contributed by atoms with van der Waals surface area (Å²) in [7, 11) is 1.60. The van der Waals surface area contributed by atoms with Gasteiger partial charge in [0.05, 0.1) is 32.1 Å². The summed E-state index contributed by atoms with van der Waals surface area (Å²) in [4.78, 5) is 29.0. The highest BCUT2D eigenvalue weighted by Gasteiger charge is 2.43. The molecule has 9 nitrogen and oxygen atoms in total. The van der Waals surface area contributed by atoms with E-state index in [9.17, 15) is 9.59 Å². The average molecular weight is 500 g/mol. The minimum absolute atomic E-state index is 0.0370. The number of benzene rings is 1. The van der Waals surface area contributed by atoms with Gasteiger partial charge in [0.2, 0.25) is 11.8 Å². The fourth-order valence-electron chi connectivity index (χ4n) is 5.05. The third-order valence-corrected chi connectivity index (χ3v) is 6.79. The van der Waals surface area contributed by atoms with Crippen molar-refractivity contribution >= 4 is 17.5 Å². The molecule has 9 heteroatoms.